The molecule has 27 heavy (non-hydrogen) atoms. The van der Waals surface area contributed by atoms with E-state index in [-0.39, 0.29) is 11.6 Å². The number of fused-ring (bicyclic) bond motifs is 1. The van der Waals surface area contributed by atoms with Crippen molar-refractivity contribution < 1.29 is 0 Å². The lowest BCUT2D eigenvalue weighted by atomic mass is 10.1. The normalized spacial score (nSPS) is 17.3. The zero-order valence-corrected chi connectivity index (χ0v) is 15.6. The third kappa shape index (κ3) is 2.87. The van der Waals surface area contributed by atoms with Gasteiger partial charge in [0.1, 0.15) is 28.5 Å². The number of nitrogens with zero attached hydrogens (tertiary/aromatic N) is 5. The molecular weight excluding hydrogens is 364 g/mol. The maximum absolute atomic E-state index is 12.9. The fourth-order valence-electron chi connectivity index (χ4n) is 3.68. The van der Waals surface area contributed by atoms with E-state index in [0.29, 0.717) is 34.0 Å². The van der Waals surface area contributed by atoms with E-state index in [1.807, 2.05) is 16.7 Å². The second kappa shape index (κ2) is 6.72. The Hall–Kier alpha value is -2.82. The molecule has 0 amide bonds. The van der Waals surface area contributed by atoms with Crippen LogP contribution < -0.4 is 16.2 Å². The first kappa shape index (κ1) is 17.6. The summed E-state index contributed by atoms with van der Waals surface area (Å²) in [5.74, 6) is 0.667. The maximum atomic E-state index is 12.9. The highest BCUT2D eigenvalue weighted by molar-refractivity contribution is 6.30. The van der Waals surface area contributed by atoms with E-state index >= 15 is 0 Å². The lowest BCUT2D eigenvalue weighted by Crippen LogP contribution is -2.43. The summed E-state index contributed by atoms with van der Waals surface area (Å²) in [6, 6.07) is 9.49. The number of anilines is 1. The summed E-state index contributed by atoms with van der Waals surface area (Å²) in [6.07, 6.45) is 3.32. The van der Waals surface area contributed by atoms with Gasteiger partial charge in [-0.25, -0.2) is 4.98 Å². The van der Waals surface area contributed by atoms with Crippen molar-refractivity contribution in [1.29, 1.82) is 5.26 Å². The first-order chi connectivity index (χ1) is 13.0. The van der Waals surface area contributed by atoms with E-state index in [1.165, 1.54) is 10.9 Å². The summed E-state index contributed by atoms with van der Waals surface area (Å²) in [5, 5.41) is 10.5. The standard InChI is InChI=1S/C19H19ClN6O/c1-24-11-23-16-15(9-21)18(25-8-2-3-13(22)10-25)26(17(16)19(24)27)14-6-4-12(20)5-7-14/h4-7,11,13H,2-3,8,10,22H2,1H3. The van der Waals surface area contributed by atoms with Gasteiger partial charge in [0.2, 0.25) is 0 Å². The molecule has 0 radical (unpaired) electrons. The number of benzene rings is 1. The van der Waals surface area contributed by atoms with Crippen molar-refractivity contribution in [3.63, 3.8) is 0 Å². The van der Waals surface area contributed by atoms with Crippen molar-refractivity contribution in [2.75, 3.05) is 18.0 Å². The minimum absolute atomic E-state index is 0.0257. The van der Waals surface area contributed by atoms with Gasteiger partial charge in [0, 0.05) is 36.9 Å². The molecule has 1 aliphatic heterocycles. The van der Waals surface area contributed by atoms with E-state index in [4.69, 9.17) is 17.3 Å². The molecule has 4 rings (SSSR count). The van der Waals surface area contributed by atoms with E-state index in [2.05, 4.69) is 16.0 Å². The summed E-state index contributed by atoms with van der Waals surface area (Å²) in [7, 11) is 1.65. The lowest BCUT2D eigenvalue weighted by molar-refractivity contribution is 0.501. The van der Waals surface area contributed by atoms with E-state index in [9.17, 15) is 10.1 Å². The fraction of sp³-hybridized carbons (Fsp3) is 0.316. The number of piperidine rings is 1. The lowest BCUT2D eigenvalue weighted by Gasteiger charge is -2.33. The molecule has 138 valence electrons. The van der Waals surface area contributed by atoms with Crippen LogP contribution in [-0.4, -0.2) is 33.2 Å². The molecule has 0 saturated carbocycles. The third-order valence-electron chi connectivity index (χ3n) is 4.96. The second-order valence-corrected chi connectivity index (χ2v) is 7.26. The highest BCUT2D eigenvalue weighted by atomic mass is 35.5. The topological polar surface area (TPSA) is 92.9 Å². The van der Waals surface area contributed by atoms with Crippen molar-refractivity contribution >= 4 is 28.5 Å². The van der Waals surface area contributed by atoms with Crippen LogP contribution in [-0.2, 0) is 7.05 Å². The first-order valence-corrected chi connectivity index (χ1v) is 9.15. The molecule has 8 heteroatoms. The number of aromatic nitrogens is 3. The Labute approximate surface area is 161 Å². The predicted octanol–water partition coefficient (Wildman–Crippen LogP) is 2.18. The van der Waals surface area contributed by atoms with Gasteiger partial charge < -0.3 is 15.2 Å². The molecule has 1 aliphatic rings. The summed E-state index contributed by atoms with van der Waals surface area (Å²) in [5.41, 5.74) is 7.91. The van der Waals surface area contributed by atoms with Crippen molar-refractivity contribution in [1.82, 2.24) is 14.1 Å². The van der Waals surface area contributed by atoms with Crippen molar-refractivity contribution in [3.8, 4) is 11.8 Å². The largest absolute Gasteiger partial charge is 0.355 e. The molecular formula is C19H19ClN6O. The molecule has 0 aliphatic carbocycles. The monoisotopic (exact) mass is 382 g/mol. The number of nitriles is 1. The van der Waals surface area contributed by atoms with Crippen molar-refractivity contribution in [3.05, 3.63) is 51.5 Å². The summed E-state index contributed by atoms with van der Waals surface area (Å²) in [4.78, 5) is 19.4. The fourth-order valence-corrected chi connectivity index (χ4v) is 3.81. The third-order valence-corrected chi connectivity index (χ3v) is 5.21. The summed E-state index contributed by atoms with van der Waals surface area (Å²) in [6.45, 7) is 1.39. The van der Waals surface area contributed by atoms with Gasteiger partial charge in [-0.15, -0.1) is 0 Å². The number of nitrogens with two attached hydrogens (primary N) is 1. The smallest absolute Gasteiger partial charge is 0.278 e. The van der Waals surface area contributed by atoms with Crippen molar-refractivity contribution in [2.45, 2.75) is 18.9 Å². The highest BCUT2D eigenvalue weighted by Gasteiger charge is 2.28. The van der Waals surface area contributed by atoms with Crippen LogP contribution in [0.4, 0.5) is 5.82 Å². The van der Waals surface area contributed by atoms with Crippen molar-refractivity contribution in [2.24, 2.45) is 12.8 Å². The molecule has 3 heterocycles. The molecule has 1 saturated heterocycles. The van der Waals surface area contributed by atoms with E-state index in [1.54, 1.807) is 19.2 Å². The minimum Gasteiger partial charge on any atom is -0.355 e. The average Bonchev–Trinajstić information content (AvgIpc) is 3.00. The number of aryl methyl sites for hydroxylation is 1. The van der Waals surface area contributed by atoms with Gasteiger partial charge in [-0.05, 0) is 37.1 Å². The van der Waals surface area contributed by atoms with Gasteiger partial charge in [0.15, 0.2) is 0 Å². The maximum Gasteiger partial charge on any atom is 0.278 e. The molecule has 1 aromatic carbocycles. The van der Waals surface area contributed by atoms with Gasteiger partial charge in [0.25, 0.3) is 5.56 Å². The summed E-state index contributed by atoms with van der Waals surface area (Å²) >= 11 is 6.05. The van der Waals surface area contributed by atoms with Crippen LogP contribution in [0.25, 0.3) is 16.7 Å². The minimum atomic E-state index is -0.209. The Morgan fingerprint density at radius 2 is 2.07 bits per heavy atom. The van der Waals surface area contributed by atoms with Crippen LogP contribution in [0.5, 0.6) is 0 Å². The molecule has 2 aromatic heterocycles. The molecule has 0 spiro atoms. The Morgan fingerprint density at radius 1 is 1.33 bits per heavy atom. The van der Waals surface area contributed by atoms with Crippen LogP contribution in [0, 0.1) is 11.3 Å². The van der Waals surface area contributed by atoms with Gasteiger partial charge >= 0.3 is 0 Å². The zero-order chi connectivity index (χ0) is 19.1. The number of halogens is 1. The Bertz CT molecular complexity index is 1110. The molecule has 1 unspecified atom stereocenters. The molecule has 2 N–H and O–H groups in total. The number of hydrogen-bond donors (Lipinski definition) is 1. The van der Waals surface area contributed by atoms with Gasteiger partial charge in [-0.1, -0.05) is 11.6 Å². The van der Waals surface area contributed by atoms with E-state index < -0.39 is 0 Å². The Kier molecular flexibility index (Phi) is 4.38. The van der Waals surface area contributed by atoms with Crippen LogP contribution >= 0.6 is 11.6 Å². The van der Waals surface area contributed by atoms with Crippen LogP contribution in [0.1, 0.15) is 18.4 Å². The van der Waals surface area contributed by atoms with Crippen LogP contribution in [0.15, 0.2) is 35.4 Å². The SMILES string of the molecule is Cn1cnc2c(C#N)c(N3CCCC(N)C3)n(-c3ccc(Cl)cc3)c2c1=O. The van der Waals surface area contributed by atoms with Gasteiger partial charge in [-0.2, -0.15) is 5.26 Å². The first-order valence-electron chi connectivity index (χ1n) is 8.78. The van der Waals surface area contributed by atoms with Gasteiger partial charge in [-0.3, -0.25) is 9.36 Å². The molecule has 1 fully saturated rings. The second-order valence-electron chi connectivity index (χ2n) is 6.83. The summed E-state index contributed by atoms with van der Waals surface area (Å²) < 4.78 is 3.24. The predicted molar refractivity (Wildman–Crippen MR) is 105 cm³/mol. The Balaban J connectivity index is 2.10. The molecule has 0 bridgehead atoms. The van der Waals surface area contributed by atoms with Gasteiger partial charge in [0.05, 0.1) is 6.33 Å². The number of hydrogen-bond acceptors (Lipinski definition) is 5. The zero-order valence-electron chi connectivity index (χ0n) is 14.9. The van der Waals surface area contributed by atoms with Crippen LogP contribution in [0.2, 0.25) is 5.02 Å². The molecule has 3 aromatic rings. The number of rotatable bonds is 2. The molecule has 1 atom stereocenters. The van der Waals surface area contributed by atoms with E-state index in [0.717, 1.165) is 25.1 Å². The van der Waals surface area contributed by atoms with Crippen LogP contribution in [0.3, 0.4) is 0 Å². The Morgan fingerprint density at radius 3 is 2.74 bits per heavy atom. The molecule has 7 nitrogen and oxygen atoms in total. The highest BCUT2D eigenvalue weighted by Crippen LogP contribution is 2.34. The quantitative estimate of drug-likeness (QED) is 0.733. The average molecular weight is 383 g/mol.